The standard InChI is InChI=1S/C19H23N3O/c1-20-19(22-17-5-3-4-6-17)21-13-14-7-8-16-12-18(23-2)10-9-15(16)11-14/h3-4,7-12,17H,5-6,13H2,1-2H3,(H2,20,21,22). The van der Waals surface area contributed by atoms with Crippen LogP contribution in [0, 0.1) is 0 Å². The van der Waals surface area contributed by atoms with Crippen LogP contribution in [0.4, 0.5) is 0 Å². The molecule has 0 unspecified atom stereocenters. The van der Waals surface area contributed by atoms with Crippen molar-refractivity contribution in [2.24, 2.45) is 4.99 Å². The van der Waals surface area contributed by atoms with Gasteiger partial charge in [-0.15, -0.1) is 0 Å². The zero-order valence-electron chi connectivity index (χ0n) is 13.7. The van der Waals surface area contributed by atoms with E-state index in [-0.39, 0.29) is 0 Å². The first-order chi connectivity index (χ1) is 11.3. The molecule has 0 spiro atoms. The summed E-state index contributed by atoms with van der Waals surface area (Å²) in [5, 5.41) is 9.24. The Morgan fingerprint density at radius 3 is 2.61 bits per heavy atom. The molecule has 23 heavy (non-hydrogen) atoms. The van der Waals surface area contributed by atoms with E-state index in [2.05, 4.69) is 58.1 Å². The van der Waals surface area contributed by atoms with E-state index in [0.717, 1.165) is 31.1 Å². The van der Waals surface area contributed by atoms with Crippen LogP contribution >= 0.6 is 0 Å². The van der Waals surface area contributed by atoms with Gasteiger partial charge in [-0.2, -0.15) is 0 Å². The number of rotatable bonds is 4. The number of hydrogen-bond donors (Lipinski definition) is 2. The van der Waals surface area contributed by atoms with E-state index < -0.39 is 0 Å². The first-order valence-corrected chi connectivity index (χ1v) is 7.97. The maximum Gasteiger partial charge on any atom is 0.191 e. The zero-order valence-corrected chi connectivity index (χ0v) is 13.7. The van der Waals surface area contributed by atoms with Crippen molar-refractivity contribution in [1.29, 1.82) is 0 Å². The number of aliphatic imine (C=N–C) groups is 1. The first kappa shape index (κ1) is 15.4. The normalized spacial score (nSPS) is 15.1. The Morgan fingerprint density at radius 2 is 1.87 bits per heavy atom. The molecule has 0 saturated heterocycles. The number of guanidine groups is 1. The van der Waals surface area contributed by atoms with Crippen molar-refractivity contribution < 1.29 is 4.74 Å². The van der Waals surface area contributed by atoms with E-state index in [0.29, 0.717) is 6.04 Å². The number of nitrogens with one attached hydrogen (secondary N) is 2. The van der Waals surface area contributed by atoms with E-state index in [9.17, 15) is 0 Å². The van der Waals surface area contributed by atoms with Gasteiger partial charge in [0.05, 0.1) is 7.11 Å². The molecular formula is C19H23N3O. The second-order valence-electron chi connectivity index (χ2n) is 5.76. The molecule has 0 amide bonds. The van der Waals surface area contributed by atoms with Gasteiger partial charge in [-0.25, -0.2) is 0 Å². The van der Waals surface area contributed by atoms with Gasteiger partial charge in [0.25, 0.3) is 0 Å². The van der Waals surface area contributed by atoms with Crippen LogP contribution in [-0.4, -0.2) is 26.2 Å². The van der Waals surface area contributed by atoms with Crippen molar-refractivity contribution in [1.82, 2.24) is 10.6 Å². The number of methoxy groups -OCH3 is 1. The molecule has 0 aromatic heterocycles. The number of hydrogen-bond acceptors (Lipinski definition) is 2. The Kier molecular flexibility index (Phi) is 4.81. The molecule has 2 aromatic carbocycles. The van der Waals surface area contributed by atoms with Crippen LogP contribution < -0.4 is 15.4 Å². The van der Waals surface area contributed by atoms with Crippen molar-refractivity contribution in [2.45, 2.75) is 25.4 Å². The molecule has 0 saturated carbocycles. The maximum absolute atomic E-state index is 5.27. The zero-order chi connectivity index (χ0) is 16.1. The number of fused-ring (bicyclic) bond motifs is 1. The van der Waals surface area contributed by atoms with E-state index >= 15 is 0 Å². The smallest absolute Gasteiger partial charge is 0.191 e. The van der Waals surface area contributed by atoms with Gasteiger partial charge in [0.15, 0.2) is 5.96 Å². The molecular weight excluding hydrogens is 286 g/mol. The van der Waals surface area contributed by atoms with Crippen molar-refractivity contribution in [3.8, 4) is 5.75 Å². The third-order valence-electron chi connectivity index (χ3n) is 4.14. The molecule has 0 aliphatic heterocycles. The highest BCUT2D eigenvalue weighted by atomic mass is 16.5. The van der Waals surface area contributed by atoms with Gasteiger partial charge in [-0.05, 0) is 47.4 Å². The van der Waals surface area contributed by atoms with Crippen LogP contribution in [0.15, 0.2) is 53.5 Å². The van der Waals surface area contributed by atoms with Crippen LogP contribution in [0.1, 0.15) is 18.4 Å². The Balaban J connectivity index is 1.63. The van der Waals surface area contributed by atoms with E-state index in [1.54, 1.807) is 7.11 Å². The van der Waals surface area contributed by atoms with E-state index in [1.165, 1.54) is 16.3 Å². The summed E-state index contributed by atoms with van der Waals surface area (Å²) >= 11 is 0. The highest BCUT2D eigenvalue weighted by Gasteiger charge is 2.11. The molecule has 1 aliphatic rings. The lowest BCUT2D eigenvalue weighted by atomic mass is 10.1. The van der Waals surface area contributed by atoms with Gasteiger partial charge in [0, 0.05) is 19.6 Å². The Hall–Kier alpha value is -2.49. The summed E-state index contributed by atoms with van der Waals surface area (Å²) in [6, 6.07) is 13.1. The Morgan fingerprint density at radius 1 is 1.13 bits per heavy atom. The highest BCUT2D eigenvalue weighted by Crippen LogP contribution is 2.21. The second kappa shape index (κ2) is 7.18. The van der Waals surface area contributed by atoms with Gasteiger partial charge in [0.2, 0.25) is 0 Å². The summed E-state index contributed by atoms with van der Waals surface area (Å²) in [5.41, 5.74) is 1.23. The lowest BCUT2D eigenvalue weighted by Gasteiger charge is -2.17. The molecule has 4 heteroatoms. The lowest BCUT2D eigenvalue weighted by Crippen LogP contribution is -2.42. The minimum Gasteiger partial charge on any atom is -0.497 e. The molecule has 0 fully saturated rings. The summed E-state index contributed by atoms with van der Waals surface area (Å²) in [4.78, 5) is 4.30. The Labute approximate surface area is 137 Å². The summed E-state index contributed by atoms with van der Waals surface area (Å²) in [6.45, 7) is 0.752. The number of ether oxygens (including phenoxy) is 1. The minimum atomic E-state index is 0.463. The topological polar surface area (TPSA) is 45.7 Å². The molecule has 0 radical (unpaired) electrons. The lowest BCUT2D eigenvalue weighted by molar-refractivity contribution is 0.415. The number of benzene rings is 2. The van der Waals surface area contributed by atoms with Crippen LogP contribution in [0.2, 0.25) is 0 Å². The fraction of sp³-hybridized carbons (Fsp3) is 0.316. The van der Waals surface area contributed by atoms with Crippen molar-refractivity contribution >= 4 is 16.7 Å². The fourth-order valence-corrected chi connectivity index (χ4v) is 2.82. The van der Waals surface area contributed by atoms with Gasteiger partial charge in [0.1, 0.15) is 5.75 Å². The van der Waals surface area contributed by atoms with Gasteiger partial charge in [-0.1, -0.05) is 30.4 Å². The maximum atomic E-state index is 5.27. The SMILES string of the molecule is CN=C(NCc1ccc2cc(OC)ccc2c1)NC1CC=CC1. The average molecular weight is 309 g/mol. The van der Waals surface area contributed by atoms with Crippen molar-refractivity contribution in [3.05, 3.63) is 54.1 Å². The fourth-order valence-electron chi connectivity index (χ4n) is 2.82. The second-order valence-corrected chi connectivity index (χ2v) is 5.76. The molecule has 2 N–H and O–H groups in total. The first-order valence-electron chi connectivity index (χ1n) is 7.97. The third-order valence-corrected chi connectivity index (χ3v) is 4.14. The van der Waals surface area contributed by atoms with Crippen molar-refractivity contribution in [2.75, 3.05) is 14.2 Å². The minimum absolute atomic E-state index is 0.463. The van der Waals surface area contributed by atoms with Crippen molar-refractivity contribution in [3.63, 3.8) is 0 Å². The highest BCUT2D eigenvalue weighted by molar-refractivity contribution is 5.85. The average Bonchev–Trinajstić information content (AvgIpc) is 3.11. The van der Waals surface area contributed by atoms with Crippen LogP contribution in [0.3, 0.4) is 0 Å². The summed E-state index contributed by atoms with van der Waals surface area (Å²) in [7, 11) is 3.50. The molecule has 0 atom stereocenters. The number of nitrogens with zero attached hydrogens (tertiary/aromatic N) is 1. The largest absolute Gasteiger partial charge is 0.497 e. The predicted molar refractivity (Wildman–Crippen MR) is 96.0 cm³/mol. The van der Waals surface area contributed by atoms with Gasteiger partial charge < -0.3 is 15.4 Å². The summed E-state index contributed by atoms with van der Waals surface area (Å²) < 4.78 is 5.27. The molecule has 0 bridgehead atoms. The summed E-state index contributed by atoms with van der Waals surface area (Å²) in [6.07, 6.45) is 6.56. The molecule has 2 aromatic rings. The van der Waals surface area contributed by atoms with Crippen LogP contribution in [0.25, 0.3) is 10.8 Å². The van der Waals surface area contributed by atoms with Crippen LogP contribution in [0.5, 0.6) is 5.75 Å². The predicted octanol–water partition coefficient (Wildman–Crippen LogP) is 3.23. The summed E-state index contributed by atoms with van der Waals surface area (Å²) in [5.74, 6) is 1.74. The quantitative estimate of drug-likeness (QED) is 0.518. The molecule has 3 rings (SSSR count). The van der Waals surface area contributed by atoms with Gasteiger partial charge >= 0.3 is 0 Å². The third kappa shape index (κ3) is 3.83. The molecule has 4 nitrogen and oxygen atoms in total. The van der Waals surface area contributed by atoms with Crippen LogP contribution in [-0.2, 0) is 6.54 Å². The molecule has 120 valence electrons. The van der Waals surface area contributed by atoms with E-state index in [4.69, 9.17) is 4.74 Å². The Bertz CT molecular complexity index is 728. The van der Waals surface area contributed by atoms with Gasteiger partial charge in [-0.3, -0.25) is 4.99 Å². The van der Waals surface area contributed by atoms with E-state index in [1.807, 2.05) is 13.1 Å². The molecule has 1 aliphatic carbocycles. The molecule has 0 heterocycles. The monoisotopic (exact) mass is 309 g/mol.